The third kappa shape index (κ3) is 4.26. The quantitative estimate of drug-likeness (QED) is 0.888. The third-order valence-corrected chi connectivity index (χ3v) is 4.67. The Bertz CT molecular complexity index is 711. The molecule has 6 heteroatoms. The molecule has 1 radical (unpaired) electrons. The molecule has 1 aromatic heterocycles. The Morgan fingerprint density at radius 2 is 2.25 bits per heavy atom. The molecule has 125 valence electrons. The summed E-state index contributed by atoms with van der Waals surface area (Å²) >= 11 is 1.69. The average Bonchev–Trinajstić information content (AvgIpc) is 3.07. The maximum Gasteiger partial charge on any atom is 0.218 e. The van der Waals surface area contributed by atoms with Crippen molar-refractivity contribution in [3.63, 3.8) is 0 Å². The second-order valence-corrected chi connectivity index (χ2v) is 7.61. The first-order valence-corrected chi connectivity index (χ1v) is 8.92. The molecule has 0 amide bonds. The van der Waals surface area contributed by atoms with Gasteiger partial charge in [-0.15, -0.1) is 0 Å². The maximum atomic E-state index is 4.50. The first-order valence-electron chi connectivity index (χ1n) is 8.04. The minimum atomic E-state index is 0.114. The summed E-state index contributed by atoms with van der Waals surface area (Å²) in [6, 6.07) is 4.02. The number of aromatic nitrogens is 1. The van der Waals surface area contributed by atoms with Gasteiger partial charge in [-0.1, -0.05) is 38.6 Å². The van der Waals surface area contributed by atoms with Crippen molar-refractivity contribution in [2.75, 3.05) is 13.1 Å². The number of nitrogens with one attached hydrogen (secondary N) is 2. The Kier molecular flexibility index (Phi) is 5.04. The topological polar surface area (TPSA) is 61.7 Å². The predicted molar refractivity (Wildman–Crippen MR) is 101 cm³/mol. The lowest BCUT2D eigenvalue weighted by atomic mass is 9.93. The van der Waals surface area contributed by atoms with Gasteiger partial charge in [0.2, 0.25) is 5.96 Å². The van der Waals surface area contributed by atoms with E-state index in [2.05, 4.69) is 64.1 Å². The highest BCUT2D eigenvalue weighted by molar-refractivity contribution is 8.06. The summed E-state index contributed by atoms with van der Waals surface area (Å²) in [5.74, 6) is 0.648. The van der Waals surface area contributed by atoms with Gasteiger partial charge in [-0.05, 0) is 23.5 Å². The molecule has 1 aromatic rings. The molecule has 0 saturated heterocycles. The number of rotatable bonds is 3. The van der Waals surface area contributed by atoms with E-state index in [4.69, 9.17) is 0 Å². The van der Waals surface area contributed by atoms with Crippen LogP contribution < -0.4 is 10.6 Å². The smallest absolute Gasteiger partial charge is 0.218 e. The lowest BCUT2D eigenvalue weighted by Crippen LogP contribution is -2.27. The van der Waals surface area contributed by atoms with Gasteiger partial charge in [0, 0.05) is 35.6 Å². The minimum Gasteiger partial charge on any atom is -0.354 e. The van der Waals surface area contributed by atoms with E-state index in [1.807, 2.05) is 12.3 Å². The van der Waals surface area contributed by atoms with Gasteiger partial charge in [0.1, 0.15) is 6.21 Å². The molecule has 2 aliphatic heterocycles. The lowest BCUT2D eigenvalue weighted by molar-refractivity contribution is 0.480. The van der Waals surface area contributed by atoms with Crippen LogP contribution in [0.4, 0.5) is 0 Å². The molecule has 3 rings (SSSR count). The van der Waals surface area contributed by atoms with E-state index in [9.17, 15) is 0 Å². The van der Waals surface area contributed by atoms with E-state index in [0.29, 0.717) is 12.5 Å². The zero-order chi connectivity index (χ0) is 17.0. The first-order chi connectivity index (χ1) is 11.5. The molecule has 0 spiro atoms. The van der Waals surface area contributed by atoms with E-state index < -0.39 is 0 Å². The summed E-state index contributed by atoms with van der Waals surface area (Å²) in [7, 11) is 0. The molecule has 5 nitrogen and oxygen atoms in total. The monoisotopic (exact) mass is 340 g/mol. The van der Waals surface area contributed by atoms with Gasteiger partial charge in [0.15, 0.2) is 0 Å². The molecule has 0 fully saturated rings. The average molecular weight is 340 g/mol. The molecule has 0 unspecified atom stereocenters. The number of hydrogen-bond acceptors (Lipinski definition) is 6. The van der Waals surface area contributed by atoms with Gasteiger partial charge in [-0.3, -0.25) is 4.98 Å². The number of guanidine groups is 1. The summed E-state index contributed by atoms with van der Waals surface area (Å²) in [6.07, 6.45) is 7.67. The second-order valence-electron chi connectivity index (χ2n) is 6.73. The molecule has 0 saturated carbocycles. The first kappa shape index (κ1) is 16.8. The van der Waals surface area contributed by atoms with Crippen LogP contribution in [-0.4, -0.2) is 30.2 Å². The molecule has 0 bridgehead atoms. The van der Waals surface area contributed by atoms with Crippen LogP contribution in [0.1, 0.15) is 26.3 Å². The van der Waals surface area contributed by atoms with Crippen LogP contribution in [-0.2, 0) is 6.42 Å². The van der Waals surface area contributed by atoms with Crippen molar-refractivity contribution in [2.24, 2.45) is 15.4 Å². The van der Waals surface area contributed by atoms with Crippen molar-refractivity contribution >= 4 is 23.9 Å². The Hall–Kier alpha value is -2.08. The fourth-order valence-electron chi connectivity index (χ4n) is 2.24. The standard InChI is InChI=1S/C18H22N5S/c1-18(2,3)15-12-24-16(23-15)14-10-21-17(22-11-14)20-8-6-13-5-4-7-19-9-13/h4-5,7,9,12,23H,6,8,10H2,1-3H3,(H,20,21). The summed E-state index contributed by atoms with van der Waals surface area (Å²) < 4.78 is 0. The molecular weight excluding hydrogens is 318 g/mol. The van der Waals surface area contributed by atoms with Gasteiger partial charge in [0.05, 0.1) is 11.6 Å². The van der Waals surface area contributed by atoms with Crippen LogP contribution >= 0.6 is 11.8 Å². The van der Waals surface area contributed by atoms with E-state index in [0.717, 1.165) is 23.6 Å². The molecule has 2 aliphatic rings. The summed E-state index contributed by atoms with van der Waals surface area (Å²) in [6.45, 7) is 7.97. The van der Waals surface area contributed by atoms with Gasteiger partial charge >= 0.3 is 0 Å². The molecule has 24 heavy (non-hydrogen) atoms. The van der Waals surface area contributed by atoms with Crippen molar-refractivity contribution in [3.8, 4) is 0 Å². The summed E-state index contributed by atoms with van der Waals surface area (Å²) in [5, 5.41) is 9.96. The highest BCUT2D eigenvalue weighted by Crippen LogP contribution is 2.35. The number of aliphatic imine (C=N–C) groups is 2. The zero-order valence-corrected chi connectivity index (χ0v) is 15.1. The van der Waals surface area contributed by atoms with Crippen molar-refractivity contribution < 1.29 is 0 Å². The van der Waals surface area contributed by atoms with Crippen molar-refractivity contribution in [2.45, 2.75) is 27.2 Å². The maximum absolute atomic E-state index is 4.50. The third-order valence-electron chi connectivity index (χ3n) is 3.73. The fourth-order valence-corrected chi connectivity index (χ4v) is 3.31. The van der Waals surface area contributed by atoms with Gasteiger partial charge in [-0.25, -0.2) is 9.98 Å². The Morgan fingerprint density at radius 3 is 2.88 bits per heavy atom. The second kappa shape index (κ2) is 7.21. The van der Waals surface area contributed by atoms with Crippen LogP contribution in [0.5, 0.6) is 0 Å². The zero-order valence-electron chi connectivity index (χ0n) is 14.3. The Morgan fingerprint density at radius 1 is 1.38 bits per heavy atom. The summed E-state index contributed by atoms with van der Waals surface area (Å²) in [4.78, 5) is 12.9. The molecule has 3 heterocycles. The largest absolute Gasteiger partial charge is 0.354 e. The fraction of sp³-hybridized carbons (Fsp3) is 0.389. The number of pyridine rings is 1. The van der Waals surface area contributed by atoms with E-state index in [1.54, 1.807) is 18.0 Å². The number of nitrogens with zero attached hydrogens (tertiary/aromatic N) is 3. The molecular formula is C18H22N5S. The molecule has 0 aliphatic carbocycles. The number of hydrogen-bond donors (Lipinski definition) is 2. The highest BCUT2D eigenvalue weighted by atomic mass is 32.2. The van der Waals surface area contributed by atoms with Crippen molar-refractivity contribution in [1.82, 2.24) is 15.6 Å². The number of thioether (sulfide) groups is 1. The van der Waals surface area contributed by atoms with Crippen LogP contribution in [0.2, 0.25) is 0 Å². The lowest BCUT2D eigenvalue weighted by Gasteiger charge is -2.21. The van der Waals surface area contributed by atoms with Gasteiger partial charge < -0.3 is 10.6 Å². The van der Waals surface area contributed by atoms with Gasteiger partial charge in [0.25, 0.3) is 0 Å². The molecule has 0 aromatic carbocycles. The highest BCUT2D eigenvalue weighted by Gasteiger charge is 2.24. The van der Waals surface area contributed by atoms with Crippen molar-refractivity contribution in [1.29, 1.82) is 0 Å². The van der Waals surface area contributed by atoms with Crippen LogP contribution in [0.3, 0.4) is 0 Å². The SMILES string of the molecule is CC(C)(C)C1=CSC(=C2[C]=NC(NCCc3cccnc3)=NC2)N1. The minimum absolute atomic E-state index is 0.114. The van der Waals surface area contributed by atoms with Crippen LogP contribution in [0, 0.1) is 5.41 Å². The van der Waals surface area contributed by atoms with E-state index in [1.165, 1.54) is 11.3 Å². The van der Waals surface area contributed by atoms with Crippen LogP contribution in [0.25, 0.3) is 0 Å². The van der Waals surface area contributed by atoms with E-state index >= 15 is 0 Å². The molecule has 0 atom stereocenters. The Balaban J connectivity index is 1.50. The van der Waals surface area contributed by atoms with Gasteiger partial charge in [-0.2, -0.15) is 0 Å². The number of allylic oxidation sites excluding steroid dienone is 1. The van der Waals surface area contributed by atoms with E-state index in [-0.39, 0.29) is 5.41 Å². The Labute approximate surface area is 147 Å². The van der Waals surface area contributed by atoms with Crippen LogP contribution in [0.15, 0.2) is 56.2 Å². The molecule has 2 N–H and O–H groups in total. The summed E-state index contributed by atoms with van der Waals surface area (Å²) in [5.41, 5.74) is 3.54. The predicted octanol–water partition coefficient (Wildman–Crippen LogP) is 2.97. The normalized spacial score (nSPS) is 20.5. The van der Waals surface area contributed by atoms with Crippen molar-refractivity contribution in [3.05, 3.63) is 51.8 Å².